The van der Waals surface area contributed by atoms with Crippen LogP contribution in [0, 0.1) is 0 Å². The number of nitrogens with zero attached hydrogens (tertiary/aromatic N) is 1. The number of rotatable bonds is 3. The number of hydrogen-bond acceptors (Lipinski definition) is 4. The van der Waals surface area contributed by atoms with Crippen LogP contribution in [-0.2, 0) is 6.54 Å². The number of benzene rings is 1. The van der Waals surface area contributed by atoms with E-state index >= 15 is 0 Å². The number of piperazine rings is 1. The molecule has 1 fully saturated rings. The van der Waals surface area contributed by atoms with Crippen LogP contribution in [0.3, 0.4) is 0 Å². The summed E-state index contributed by atoms with van der Waals surface area (Å²) in [5.74, 6) is 1.14. The largest absolute Gasteiger partial charge is 0.508 e. The highest BCUT2D eigenvalue weighted by molar-refractivity contribution is 5.39. The molecule has 2 rings (SSSR count). The van der Waals surface area contributed by atoms with E-state index in [1.54, 1.807) is 19.2 Å². The van der Waals surface area contributed by atoms with Gasteiger partial charge in [0.05, 0.1) is 7.11 Å². The SMILES string of the molecule is COc1ccc(O)c(CN2CCNC(C)C2)c1. The number of nitrogens with one attached hydrogen (secondary N) is 1. The maximum atomic E-state index is 9.83. The van der Waals surface area contributed by atoms with Crippen LogP contribution in [0.4, 0.5) is 0 Å². The molecule has 0 radical (unpaired) electrons. The molecule has 94 valence electrons. The molecule has 4 nitrogen and oxygen atoms in total. The van der Waals surface area contributed by atoms with Crippen LogP contribution in [0.15, 0.2) is 18.2 Å². The zero-order valence-electron chi connectivity index (χ0n) is 10.4. The van der Waals surface area contributed by atoms with Crippen molar-refractivity contribution in [2.75, 3.05) is 26.7 Å². The van der Waals surface area contributed by atoms with E-state index in [9.17, 15) is 5.11 Å². The van der Waals surface area contributed by atoms with E-state index in [0.29, 0.717) is 11.8 Å². The van der Waals surface area contributed by atoms with Gasteiger partial charge in [0.1, 0.15) is 11.5 Å². The lowest BCUT2D eigenvalue weighted by molar-refractivity contribution is 0.197. The van der Waals surface area contributed by atoms with E-state index in [-0.39, 0.29) is 0 Å². The number of hydrogen-bond donors (Lipinski definition) is 2. The molecule has 0 aliphatic carbocycles. The highest BCUT2D eigenvalue weighted by atomic mass is 16.5. The smallest absolute Gasteiger partial charge is 0.120 e. The first-order chi connectivity index (χ1) is 8.19. The minimum absolute atomic E-state index is 0.344. The molecule has 17 heavy (non-hydrogen) atoms. The van der Waals surface area contributed by atoms with E-state index in [1.165, 1.54) is 0 Å². The number of phenolic OH excluding ortho intramolecular Hbond substituents is 1. The highest BCUT2D eigenvalue weighted by Crippen LogP contribution is 2.24. The van der Waals surface area contributed by atoms with Gasteiger partial charge in [0, 0.05) is 37.8 Å². The van der Waals surface area contributed by atoms with Gasteiger partial charge in [-0.15, -0.1) is 0 Å². The summed E-state index contributed by atoms with van der Waals surface area (Å²) in [5.41, 5.74) is 0.929. The van der Waals surface area contributed by atoms with Crippen molar-refractivity contribution in [1.29, 1.82) is 0 Å². The first kappa shape index (κ1) is 12.2. The van der Waals surface area contributed by atoms with Crippen LogP contribution in [0.25, 0.3) is 0 Å². The van der Waals surface area contributed by atoms with Gasteiger partial charge in [-0.25, -0.2) is 0 Å². The Balaban J connectivity index is 2.06. The lowest BCUT2D eigenvalue weighted by Gasteiger charge is -2.32. The third-order valence-electron chi connectivity index (χ3n) is 3.13. The summed E-state index contributed by atoms with van der Waals surface area (Å²) >= 11 is 0. The number of aromatic hydroxyl groups is 1. The Hall–Kier alpha value is -1.26. The van der Waals surface area contributed by atoms with Gasteiger partial charge < -0.3 is 15.2 Å². The van der Waals surface area contributed by atoms with Crippen molar-refractivity contribution >= 4 is 0 Å². The van der Waals surface area contributed by atoms with E-state index < -0.39 is 0 Å². The van der Waals surface area contributed by atoms with Crippen LogP contribution in [0.2, 0.25) is 0 Å². The Bertz CT molecular complexity index is 382. The van der Waals surface area contributed by atoms with E-state index in [0.717, 1.165) is 37.5 Å². The highest BCUT2D eigenvalue weighted by Gasteiger charge is 2.16. The molecule has 0 aromatic heterocycles. The normalized spacial score (nSPS) is 21.4. The number of ether oxygens (including phenoxy) is 1. The Morgan fingerprint density at radius 1 is 1.53 bits per heavy atom. The first-order valence-corrected chi connectivity index (χ1v) is 6.00. The number of phenols is 1. The zero-order chi connectivity index (χ0) is 12.3. The van der Waals surface area contributed by atoms with Gasteiger partial charge >= 0.3 is 0 Å². The molecule has 0 saturated carbocycles. The second-order valence-electron chi connectivity index (χ2n) is 4.58. The average Bonchev–Trinajstić information content (AvgIpc) is 2.32. The quantitative estimate of drug-likeness (QED) is 0.827. The van der Waals surface area contributed by atoms with E-state index in [1.807, 2.05) is 6.07 Å². The molecule has 1 aliphatic heterocycles. The topological polar surface area (TPSA) is 44.7 Å². The minimum atomic E-state index is 0.344. The van der Waals surface area contributed by atoms with Gasteiger partial charge in [-0.1, -0.05) is 0 Å². The Morgan fingerprint density at radius 2 is 2.35 bits per heavy atom. The fraction of sp³-hybridized carbons (Fsp3) is 0.538. The lowest BCUT2D eigenvalue weighted by atomic mass is 10.1. The van der Waals surface area contributed by atoms with Gasteiger partial charge in [-0.05, 0) is 25.1 Å². The summed E-state index contributed by atoms with van der Waals surface area (Å²) < 4.78 is 5.18. The molecule has 0 spiro atoms. The monoisotopic (exact) mass is 236 g/mol. The van der Waals surface area contributed by atoms with Crippen molar-refractivity contribution in [3.8, 4) is 11.5 Å². The molecular weight excluding hydrogens is 216 g/mol. The third kappa shape index (κ3) is 3.11. The van der Waals surface area contributed by atoms with Gasteiger partial charge in [-0.2, -0.15) is 0 Å². The van der Waals surface area contributed by atoms with Gasteiger partial charge in [0.15, 0.2) is 0 Å². The molecule has 4 heteroatoms. The maximum Gasteiger partial charge on any atom is 0.120 e. The van der Waals surface area contributed by atoms with E-state index in [2.05, 4.69) is 17.1 Å². The second-order valence-corrected chi connectivity index (χ2v) is 4.58. The molecule has 1 unspecified atom stereocenters. The predicted molar refractivity (Wildman–Crippen MR) is 67.4 cm³/mol. The summed E-state index contributed by atoms with van der Waals surface area (Å²) in [6.07, 6.45) is 0. The Labute approximate surface area is 102 Å². The van der Waals surface area contributed by atoms with Crippen LogP contribution in [-0.4, -0.2) is 42.8 Å². The Morgan fingerprint density at radius 3 is 3.06 bits per heavy atom. The lowest BCUT2D eigenvalue weighted by Crippen LogP contribution is -2.48. The molecule has 0 amide bonds. The third-order valence-corrected chi connectivity index (χ3v) is 3.13. The molecule has 1 aliphatic rings. The van der Waals surface area contributed by atoms with Crippen LogP contribution >= 0.6 is 0 Å². The summed E-state index contributed by atoms with van der Waals surface area (Å²) in [6, 6.07) is 5.89. The molecule has 2 N–H and O–H groups in total. The van der Waals surface area contributed by atoms with Gasteiger partial charge in [0.25, 0.3) is 0 Å². The van der Waals surface area contributed by atoms with Crippen molar-refractivity contribution in [3.05, 3.63) is 23.8 Å². The van der Waals surface area contributed by atoms with Crippen molar-refractivity contribution in [1.82, 2.24) is 10.2 Å². The predicted octanol–water partition coefficient (Wildman–Crippen LogP) is 1.19. The summed E-state index contributed by atoms with van der Waals surface area (Å²) in [6.45, 7) is 5.98. The fourth-order valence-corrected chi connectivity index (χ4v) is 2.21. The standard InChI is InChI=1S/C13H20N2O2/c1-10-8-15(6-5-14-10)9-11-7-12(17-2)3-4-13(11)16/h3-4,7,10,14,16H,5-6,8-9H2,1-2H3. The van der Waals surface area contributed by atoms with E-state index in [4.69, 9.17) is 4.74 Å². The molecular formula is C13H20N2O2. The molecule has 1 aromatic rings. The maximum absolute atomic E-state index is 9.83. The fourth-order valence-electron chi connectivity index (χ4n) is 2.21. The first-order valence-electron chi connectivity index (χ1n) is 6.00. The summed E-state index contributed by atoms with van der Waals surface area (Å²) in [7, 11) is 1.64. The summed E-state index contributed by atoms with van der Waals surface area (Å²) in [4.78, 5) is 2.34. The second kappa shape index (κ2) is 5.38. The Kier molecular flexibility index (Phi) is 3.86. The van der Waals surface area contributed by atoms with Crippen molar-refractivity contribution in [3.63, 3.8) is 0 Å². The number of methoxy groups -OCH3 is 1. The molecule has 0 bridgehead atoms. The minimum Gasteiger partial charge on any atom is -0.508 e. The zero-order valence-corrected chi connectivity index (χ0v) is 10.4. The van der Waals surface area contributed by atoms with Crippen molar-refractivity contribution < 1.29 is 9.84 Å². The summed E-state index contributed by atoms with van der Waals surface area (Å²) in [5, 5.41) is 13.2. The molecule has 1 aromatic carbocycles. The van der Waals surface area contributed by atoms with Crippen LogP contribution in [0.5, 0.6) is 11.5 Å². The average molecular weight is 236 g/mol. The van der Waals surface area contributed by atoms with Crippen LogP contribution < -0.4 is 10.1 Å². The van der Waals surface area contributed by atoms with Crippen molar-refractivity contribution in [2.45, 2.75) is 19.5 Å². The molecule has 1 atom stereocenters. The van der Waals surface area contributed by atoms with Gasteiger partial charge in [-0.3, -0.25) is 4.90 Å². The van der Waals surface area contributed by atoms with Crippen LogP contribution in [0.1, 0.15) is 12.5 Å². The van der Waals surface area contributed by atoms with Crippen molar-refractivity contribution in [2.24, 2.45) is 0 Å². The molecule has 1 heterocycles. The molecule has 1 saturated heterocycles. The van der Waals surface area contributed by atoms with Gasteiger partial charge in [0.2, 0.25) is 0 Å².